The Hall–Kier alpha value is -2.31. The molecule has 0 unspecified atom stereocenters. The van der Waals surface area contributed by atoms with Gasteiger partial charge in [0, 0.05) is 18.1 Å². The number of nitrogens with zero attached hydrogens (tertiary/aromatic N) is 4. The highest BCUT2D eigenvalue weighted by Crippen LogP contribution is 2.25. The number of rotatable bonds is 4. The molecule has 0 spiro atoms. The lowest BCUT2D eigenvalue weighted by molar-refractivity contribution is -0.129. The van der Waals surface area contributed by atoms with Crippen molar-refractivity contribution >= 4 is 29.3 Å². The van der Waals surface area contributed by atoms with E-state index in [4.69, 9.17) is 11.6 Å². The third-order valence-corrected chi connectivity index (χ3v) is 6.09. The molecular weight excluding hydrogens is 380 g/mol. The van der Waals surface area contributed by atoms with Crippen molar-refractivity contribution in [3.8, 4) is 5.69 Å². The second-order valence-electron chi connectivity index (χ2n) is 6.54. The summed E-state index contributed by atoms with van der Waals surface area (Å²) in [6, 6.07) is 14.1. The molecule has 7 heteroatoms. The van der Waals surface area contributed by atoms with Gasteiger partial charge in [0.1, 0.15) is 6.33 Å². The van der Waals surface area contributed by atoms with Crippen LogP contribution < -0.4 is 0 Å². The second-order valence-corrected chi connectivity index (χ2v) is 7.89. The fourth-order valence-electron chi connectivity index (χ4n) is 3.16. The monoisotopic (exact) mass is 398 g/mol. The molecule has 0 N–H and O–H groups in total. The van der Waals surface area contributed by atoms with E-state index >= 15 is 0 Å². The molecule has 1 aliphatic heterocycles. The Morgan fingerprint density at radius 3 is 2.85 bits per heavy atom. The van der Waals surface area contributed by atoms with Gasteiger partial charge in [0.2, 0.25) is 5.91 Å². The van der Waals surface area contributed by atoms with Gasteiger partial charge in [-0.05, 0) is 42.2 Å². The summed E-state index contributed by atoms with van der Waals surface area (Å²) in [7, 11) is 0. The summed E-state index contributed by atoms with van der Waals surface area (Å²) < 4.78 is 1.86. The van der Waals surface area contributed by atoms with Crippen LogP contribution in [0.4, 0.5) is 0 Å². The molecule has 27 heavy (non-hydrogen) atoms. The largest absolute Gasteiger partial charge is 0.337 e. The molecule has 0 atom stereocenters. The van der Waals surface area contributed by atoms with Crippen molar-refractivity contribution < 1.29 is 4.79 Å². The Morgan fingerprint density at radius 2 is 2.04 bits per heavy atom. The summed E-state index contributed by atoms with van der Waals surface area (Å²) in [6.45, 7) is 3.40. The average molecular weight is 399 g/mol. The van der Waals surface area contributed by atoms with E-state index in [-0.39, 0.29) is 5.91 Å². The van der Waals surface area contributed by atoms with Gasteiger partial charge in [0.15, 0.2) is 5.16 Å². The number of thioether (sulfide) groups is 1. The van der Waals surface area contributed by atoms with Crippen molar-refractivity contribution in [3.63, 3.8) is 0 Å². The number of benzene rings is 2. The van der Waals surface area contributed by atoms with E-state index in [1.165, 1.54) is 22.9 Å². The number of aryl methyl sites for hydroxylation is 1. The highest BCUT2D eigenvalue weighted by Gasteiger charge is 2.21. The topological polar surface area (TPSA) is 51.0 Å². The minimum absolute atomic E-state index is 0.117. The Labute approximate surface area is 167 Å². The molecule has 0 radical (unpaired) electrons. The third kappa shape index (κ3) is 3.87. The van der Waals surface area contributed by atoms with Gasteiger partial charge in [0.25, 0.3) is 0 Å². The summed E-state index contributed by atoms with van der Waals surface area (Å²) in [5, 5.41) is 9.53. The van der Waals surface area contributed by atoms with Crippen molar-refractivity contribution in [1.29, 1.82) is 0 Å². The summed E-state index contributed by atoms with van der Waals surface area (Å²) >= 11 is 7.63. The Bertz CT molecular complexity index is 988. The number of hydrogen-bond donors (Lipinski definition) is 0. The van der Waals surface area contributed by atoms with Crippen molar-refractivity contribution in [2.75, 3.05) is 12.3 Å². The van der Waals surface area contributed by atoms with Gasteiger partial charge in [-0.2, -0.15) is 0 Å². The van der Waals surface area contributed by atoms with E-state index < -0.39 is 0 Å². The van der Waals surface area contributed by atoms with Gasteiger partial charge in [-0.25, -0.2) is 0 Å². The van der Waals surface area contributed by atoms with Crippen LogP contribution in [-0.4, -0.2) is 37.9 Å². The average Bonchev–Trinajstić information content (AvgIpc) is 3.16. The van der Waals surface area contributed by atoms with Crippen molar-refractivity contribution in [2.45, 2.75) is 25.0 Å². The zero-order valence-corrected chi connectivity index (χ0v) is 16.5. The van der Waals surface area contributed by atoms with Gasteiger partial charge in [0.05, 0.1) is 11.4 Å². The molecule has 5 nitrogen and oxygen atoms in total. The van der Waals surface area contributed by atoms with Crippen molar-refractivity contribution in [1.82, 2.24) is 19.7 Å². The van der Waals surface area contributed by atoms with Crippen LogP contribution in [0.2, 0.25) is 5.02 Å². The van der Waals surface area contributed by atoms with Gasteiger partial charge in [-0.1, -0.05) is 53.7 Å². The Kier molecular flexibility index (Phi) is 5.18. The van der Waals surface area contributed by atoms with Crippen LogP contribution in [0.25, 0.3) is 5.69 Å². The molecule has 2 heterocycles. The first-order chi connectivity index (χ1) is 13.1. The number of hydrogen-bond acceptors (Lipinski definition) is 4. The molecule has 0 bridgehead atoms. The smallest absolute Gasteiger partial charge is 0.233 e. The van der Waals surface area contributed by atoms with E-state index in [9.17, 15) is 4.79 Å². The summed E-state index contributed by atoms with van der Waals surface area (Å²) in [4.78, 5) is 14.6. The Morgan fingerprint density at radius 1 is 1.22 bits per heavy atom. The maximum absolute atomic E-state index is 12.7. The number of fused-ring (bicyclic) bond motifs is 1. The summed E-state index contributed by atoms with van der Waals surface area (Å²) in [6.07, 6.45) is 2.55. The maximum atomic E-state index is 12.7. The van der Waals surface area contributed by atoms with E-state index in [1.54, 1.807) is 6.33 Å². The molecule has 1 aliphatic rings. The predicted molar refractivity (Wildman–Crippen MR) is 107 cm³/mol. The van der Waals surface area contributed by atoms with E-state index in [2.05, 4.69) is 28.4 Å². The maximum Gasteiger partial charge on any atom is 0.233 e. The van der Waals surface area contributed by atoms with Crippen molar-refractivity contribution in [3.05, 3.63) is 70.5 Å². The Balaban J connectivity index is 1.43. The lowest BCUT2D eigenvalue weighted by Crippen LogP contribution is -2.37. The zero-order valence-electron chi connectivity index (χ0n) is 14.9. The van der Waals surface area contributed by atoms with Gasteiger partial charge >= 0.3 is 0 Å². The first-order valence-corrected chi connectivity index (χ1v) is 10.1. The predicted octanol–water partition coefficient (Wildman–Crippen LogP) is 3.91. The minimum atomic E-state index is 0.117. The van der Waals surface area contributed by atoms with Gasteiger partial charge in [-0.15, -0.1) is 10.2 Å². The molecule has 0 fully saturated rings. The fourth-order valence-corrected chi connectivity index (χ4v) is 4.16. The summed E-state index contributed by atoms with van der Waals surface area (Å²) in [5.74, 6) is 0.450. The number of aromatic nitrogens is 3. The van der Waals surface area contributed by atoms with Crippen LogP contribution in [0.3, 0.4) is 0 Å². The molecule has 3 aromatic rings. The number of halogens is 1. The minimum Gasteiger partial charge on any atom is -0.337 e. The zero-order chi connectivity index (χ0) is 18.8. The van der Waals surface area contributed by atoms with E-state index in [0.29, 0.717) is 22.5 Å². The molecule has 2 aromatic carbocycles. The van der Waals surface area contributed by atoms with Crippen LogP contribution in [0.1, 0.15) is 16.7 Å². The SMILES string of the molecule is Cc1ccc(-n2cnnc2SCC(=O)N2CCc3ccccc3C2)cc1Cl. The van der Waals surface area contributed by atoms with Crippen LogP contribution in [0.5, 0.6) is 0 Å². The normalized spacial score (nSPS) is 13.5. The first-order valence-electron chi connectivity index (χ1n) is 8.76. The quantitative estimate of drug-likeness (QED) is 0.625. The van der Waals surface area contributed by atoms with Crippen LogP contribution in [-0.2, 0) is 17.8 Å². The first kappa shape index (κ1) is 18.1. The lowest BCUT2D eigenvalue weighted by atomic mass is 10.00. The number of carbonyl (C=O) groups excluding carboxylic acids is 1. The molecule has 0 aliphatic carbocycles. The fraction of sp³-hybridized carbons (Fsp3) is 0.250. The molecule has 4 rings (SSSR count). The molecule has 1 amide bonds. The van der Waals surface area contributed by atoms with E-state index in [1.807, 2.05) is 40.7 Å². The van der Waals surface area contributed by atoms with Crippen molar-refractivity contribution in [2.24, 2.45) is 0 Å². The highest BCUT2D eigenvalue weighted by atomic mass is 35.5. The van der Waals surface area contributed by atoms with Gasteiger partial charge < -0.3 is 4.90 Å². The molecular formula is C20H19ClN4OS. The number of amides is 1. The third-order valence-electron chi connectivity index (χ3n) is 4.76. The summed E-state index contributed by atoms with van der Waals surface area (Å²) in [5.41, 5.74) is 4.48. The molecule has 1 aromatic heterocycles. The molecule has 138 valence electrons. The van der Waals surface area contributed by atoms with Crippen LogP contribution in [0, 0.1) is 6.92 Å². The number of carbonyl (C=O) groups is 1. The molecule has 0 saturated carbocycles. The molecule has 0 saturated heterocycles. The van der Waals surface area contributed by atoms with Gasteiger partial charge in [-0.3, -0.25) is 9.36 Å². The standard InChI is InChI=1S/C20H19ClN4OS/c1-14-6-7-17(10-18(14)21)25-13-22-23-20(25)27-12-19(26)24-9-8-15-4-2-3-5-16(15)11-24/h2-7,10,13H,8-9,11-12H2,1H3. The van der Waals surface area contributed by atoms with Crippen LogP contribution in [0.15, 0.2) is 53.9 Å². The van der Waals surface area contributed by atoms with Crippen LogP contribution >= 0.6 is 23.4 Å². The van der Waals surface area contributed by atoms with E-state index in [0.717, 1.165) is 24.2 Å². The highest BCUT2D eigenvalue weighted by molar-refractivity contribution is 7.99. The second kappa shape index (κ2) is 7.74. The lowest BCUT2D eigenvalue weighted by Gasteiger charge is -2.28.